The summed E-state index contributed by atoms with van der Waals surface area (Å²) in [6.07, 6.45) is 1.68. The van der Waals surface area contributed by atoms with E-state index >= 15 is 0 Å². The van der Waals surface area contributed by atoms with Gasteiger partial charge in [0.2, 0.25) is 0 Å². The number of nitro groups is 1. The Balaban J connectivity index is 1.42. The van der Waals surface area contributed by atoms with Gasteiger partial charge in [-0.15, -0.1) is 0 Å². The molecule has 2 heterocycles. The molecule has 37 heavy (non-hydrogen) atoms. The third-order valence-electron chi connectivity index (χ3n) is 5.64. The van der Waals surface area contributed by atoms with Crippen LogP contribution in [0.3, 0.4) is 0 Å². The summed E-state index contributed by atoms with van der Waals surface area (Å²) in [7, 11) is 0. The molecular formula is C28H20ClN3O4S. The molecule has 0 bridgehead atoms. The molecule has 0 N–H and O–H groups in total. The van der Waals surface area contributed by atoms with Crippen LogP contribution in [0.25, 0.3) is 17.4 Å². The molecule has 9 heteroatoms. The minimum Gasteiger partial charge on any atom is -0.457 e. The van der Waals surface area contributed by atoms with Crippen molar-refractivity contribution in [2.24, 2.45) is 4.99 Å². The number of carbonyl (C=O) groups excluding carboxylic acids is 1. The maximum absolute atomic E-state index is 13.4. The molecule has 1 amide bonds. The van der Waals surface area contributed by atoms with Crippen LogP contribution in [-0.4, -0.2) is 20.9 Å². The summed E-state index contributed by atoms with van der Waals surface area (Å²) in [6.45, 7) is 0.859. The minimum absolute atomic E-state index is 0.101. The maximum atomic E-state index is 13.4. The van der Waals surface area contributed by atoms with Crippen LogP contribution in [0, 0.1) is 10.1 Å². The Morgan fingerprint density at radius 3 is 2.35 bits per heavy atom. The Morgan fingerprint density at radius 2 is 1.68 bits per heavy atom. The molecule has 0 spiro atoms. The van der Waals surface area contributed by atoms with E-state index in [1.54, 1.807) is 29.2 Å². The highest BCUT2D eigenvalue weighted by Gasteiger charge is 2.33. The van der Waals surface area contributed by atoms with E-state index in [-0.39, 0.29) is 16.6 Å². The number of aliphatic imine (C=N–C) groups is 1. The second kappa shape index (κ2) is 10.9. The van der Waals surface area contributed by atoms with Crippen LogP contribution < -0.4 is 0 Å². The topological polar surface area (TPSA) is 88.9 Å². The Morgan fingerprint density at radius 1 is 0.973 bits per heavy atom. The standard InChI is InChI=1S/C28H20ClN3O4S/c29-24-15-21(32(34)35)11-13-23(24)25-14-12-22(36-25)16-26-27(33)31(18-20-9-5-2-6-10-20)28(37-26)30-17-19-7-3-1-4-8-19/h1-16H,17-18H2/b26-16+,30-28?. The van der Waals surface area contributed by atoms with E-state index in [0.717, 1.165) is 11.1 Å². The van der Waals surface area contributed by atoms with Gasteiger partial charge in [0, 0.05) is 23.8 Å². The molecule has 1 aromatic heterocycles. The molecule has 3 aromatic carbocycles. The van der Waals surface area contributed by atoms with Crippen molar-refractivity contribution in [3.05, 3.63) is 128 Å². The number of halogens is 1. The van der Waals surface area contributed by atoms with E-state index < -0.39 is 4.92 Å². The first kappa shape index (κ1) is 24.5. The number of carbonyl (C=O) groups is 1. The second-order valence-electron chi connectivity index (χ2n) is 8.20. The Bertz CT molecular complexity index is 1520. The first-order valence-electron chi connectivity index (χ1n) is 11.4. The zero-order valence-electron chi connectivity index (χ0n) is 19.4. The second-order valence-corrected chi connectivity index (χ2v) is 9.61. The average Bonchev–Trinajstić information content (AvgIpc) is 3.49. The fourth-order valence-electron chi connectivity index (χ4n) is 3.80. The van der Waals surface area contributed by atoms with Crippen LogP contribution in [0.4, 0.5) is 5.69 Å². The molecule has 4 aromatic rings. The van der Waals surface area contributed by atoms with Crippen molar-refractivity contribution in [2.45, 2.75) is 13.1 Å². The Kier molecular flexibility index (Phi) is 7.20. The molecule has 184 valence electrons. The third kappa shape index (κ3) is 5.66. The van der Waals surface area contributed by atoms with E-state index in [9.17, 15) is 14.9 Å². The molecule has 1 fully saturated rings. The monoisotopic (exact) mass is 529 g/mol. The maximum Gasteiger partial charge on any atom is 0.270 e. The molecule has 5 rings (SSSR count). The summed E-state index contributed by atoms with van der Waals surface area (Å²) < 4.78 is 5.92. The van der Waals surface area contributed by atoms with E-state index in [1.807, 2.05) is 60.7 Å². The molecule has 1 aliphatic rings. The van der Waals surface area contributed by atoms with Gasteiger partial charge < -0.3 is 4.42 Å². The molecule has 0 saturated carbocycles. The largest absolute Gasteiger partial charge is 0.457 e. The highest BCUT2D eigenvalue weighted by molar-refractivity contribution is 8.18. The van der Waals surface area contributed by atoms with Gasteiger partial charge >= 0.3 is 0 Å². The van der Waals surface area contributed by atoms with E-state index in [0.29, 0.717) is 40.2 Å². The predicted octanol–water partition coefficient (Wildman–Crippen LogP) is 7.18. The minimum atomic E-state index is -0.505. The first-order chi connectivity index (χ1) is 18.0. The fourth-order valence-corrected chi connectivity index (χ4v) is 5.02. The van der Waals surface area contributed by atoms with Crippen molar-refractivity contribution in [3.63, 3.8) is 0 Å². The van der Waals surface area contributed by atoms with E-state index in [1.165, 1.54) is 23.9 Å². The molecule has 0 aliphatic carbocycles. The van der Waals surface area contributed by atoms with Crippen molar-refractivity contribution in [2.75, 3.05) is 0 Å². The number of nitro benzene ring substituents is 1. The highest BCUT2D eigenvalue weighted by Crippen LogP contribution is 2.36. The van der Waals surface area contributed by atoms with Crippen molar-refractivity contribution < 1.29 is 14.1 Å². The van der Waals surface area contributed by atoms with Crippen LogP contribution in [0.5, 0.6) is 0 Å². The van der Waals surface area contributed by atoms with Crippen molar-refractivity contribution >= 4 is 46.2 Å². The van der Waals surface area contributed by atoms with Gasteiger partial charge in [0.05, 0.1) is 27.9 Å². The predicted molar refractivity (Wildman–Crippen MR) is 146 cm³/mol. The summed E-state index contributed by atoms with van der Waals surface area (Å²) in [5, 5.41) is 11.8. The Labute approximate surface area is 222 Å². The SMILES string of the molecule is O=C1/C(=C\c2ccc(-c3ccc([N+](=O)[O-])cc3Cl)o2)SC(=NCc2ccccc2)N1Cc1ccccc1. The molecule has 1 aliphatic heterocycles. The number of thioether (sulfide) groups is 1. The van der Waals surface area contributed by atoms with Gasteiger partial charge in [-0.25, -0.2) is 0 Å². The lowest BCUT2D eigenvalue weighted by Crippen LogP contribution is -2.28. The number of benzene rings is 3. The normalized spacial score (nSPS) is 15.6. The van der Waals surface area contributed by atoms with E-state index in [2.05, 4.69) is 0 Å². The lowest BCUT2D eigenvalue weighted by atomic mass is 10.1. The zero-order valence-corrected chi connectivity index (χ0v) is 21.0. The van der Waals surface area contributed by atoms with Gasteiger partial charge in [-0.2, -0.15) is 0 Å². The molecule has 0 unspecified atom stereocenters. The number of rotatable bonds is 7. The smallest absolute Gasteiger partial charge is 0.270 e. The summed E-state index contributed by atoms with van der Waals surface area (Å²) in [5.41, 5.74) is 2.48. The Hall–Kier alpha value is -4.14. The van der Waals surface area contributed by atoms with Gasteiger partial charge in [-0.1, -0.05) is 72.3 Å². The lowest BCUT2D eigenvalue weighted by molar-refractivity contribution is -0.384. The number of furan rings is 1. The van der Waals surface area contributed by atoms with Crippen molar-refractivity contribution in [3.8, 4) is 11.3 Å². The number of amides is 1. The van der Waals surface area contributed by atoms with Gasteiger partial charge in [0.25, 0.3) is 11.6 Å². The number of hydrogen-bond donors (Lipinski definition) is 0. The summed E-state index contributed by atoms with van der Waals surface area (Å²) >= 11 is 7.55. The number of hydrogen-bond acceptors (Lipinski definition) is 6. The van der Waals surface area contributed by atoms with Gasteiger partial charge in [-0.05, 0) is 41.1 Å². The number of amidine groups is 1. The lowest BCUT2D eigenvalue weighted by Gasteiger charge is -2.15. The van der Waals surface area contributed by atoms with Crippen molar-refractivity contribution in [1.29, 1.82) is 0 Å². The molecule has 1 saturated heterocycles. The fraction of sp³-hybridized carbons (Fsp3) is 0.0714. The third-order valence-corrected chi connectivity index (χ3v) is 7.00. The van der Waals surface area contributed by atoms with Gasteiger partial charge in [0.1, 0.15) is 11.5 Å². The van der Waals surface area contributed by atoms with Gasteiger partial charge in [-0.3, -0.25) is 24.8 Å². The van der Waals surface area contributed by atoms with Crippen LogP contribution >= 0.6 is 23.4 Å². The van der Waals surface area contributed by atoms with Crippen LogP contribution in [0.1, 0.15) is 16.9 Å². The molecule has 7 nitrogen and oxygen atoms in total. The van der Waals surface area contributed by atoms with Crippen LogP contribution in [-0.2, 0) is 17.9 Å². The highest BCUT2D eigenvalue weighted by atomic mass is 35.5. The van der Waals surface area contributed by atoms with Gasteiger partial charge in [0.15, 0.2) is 5.17 Å². The average molecular weight is 530 g/mol. The summed E-state index contributed by atoms with van der Waals surface area (Å²) in [6, 6.07) is 27.3. The first-order valence-corrected chi connectivity index (χ1v) is 12.6. The number of nitrogens with zero attached hydrogens (tertiary/aromatic N) is 3. The van der Waals surface area contributed by atoms with Crippen LogP contribution in [0.15, 0.2) is 105 Å². The molecular weight excluding hydrogens is 510 g/mol. The molecule has 0 atom stereocenters. The quantitative estimate of drug-likeness (QED) is 0.144. The van der Waals surface area contributed by atoms with E-state index in [4.69, 9.17) is 21.0 Å². The number of non-ortho nitro benzene ring substituents is 1. The van der Waals surface area contributed by atoms with Crippen LogP contribution in [0.2, 0.25) is 5.02 Å². The summed E-state index contributed by atoms with van der Waals surface area (Å²) in [4.78, 5) is 30.8. The molecule has 0 radical (unpaired) electrons. The summed E-state index contributed by atoms with van der Waals surface area (Å²) in [5.74, 6) is 0.748. The zero-order chi connectivity index (χ0) is 25.8. The van der Waals surface area contributed by atoms with Crippen molar-refractivity contribution in [1.82, 2.24) is 4.90 Å².